The quantitative estimate of drug-likeness (QED) is 0.833. The summed E-state index contributed by atoms with van der Waals surface area (Å²) in [5.41, 5.74) is 10.1. The topological polar surface area (TPSA) is 55.1 Å². The van der Waals surface area contributed by atoms with E-state index >= 15 is 0 Å². The van der Waals surface area contributed by atoms with Gasteiger partial charge in [0, 0.05) is 11.3 Å². The molecule has 2 unspecified atom stereocenters. The Hall–Kier alpha value is -2.00. The highest BCUT2D eigenvalue weighted by atomic mass is 35.5. The van der Waals surface area contributed by atoms with Gasteiger partial charge < -0.3 is 11.1 Å². The number of halogens is 1. The van der Waals surface area contributed by atoms with Crippen LogP contribution in [0.25, 0.3) is 0 Å². The number of carbonyl (C=O) groups excluding carboxylic acids is 1. The molecule has 2 aromatic rings. The normalized spacial score (nSPS) is 24.5. The van der Waals surface area contributed by atoms with Gasteiger partial charge in [-0.1, -0.05) is 36.4 Å². The van der Waals surface area contributed by atoms with Gasteiger partial charge >= 0.3 is 0 Å². The third-order valence-corrected chi connectivity index (χ3v) is 5.00. The minimum absolute atomic E-state index is 0. The third kappa shape index (κ3) is 2.17. The van der Waals surface area contributed by atoms with Crippen LogP contribution in [0.2, 0.25) is 0 Å². The van der Waals surface area contributed by atoms with Crippen molar-refractivity contribution in [2.24, 2.45) is 5.92 Å². The van der Waals surface area contributed by atoms with Gasteiger partial charge in [-0.25, -0.2) is 0 Å². The Morgan fingerprint density at radius 3 is 2.68 bits per heavy atom. The highest BCUT2D eigenvalue weighted by molar-refractivity contribution is 5.98. The summed E-state index contributed by atoms with van der Waals surface area (Å²) in [5, 5.41) is 2.99. The fourth-order valence-corrected chi connectivity index (χ4v) is 3.77. The number of nitrogens with one attached hydrogen (secondary N) is 1. The fourth-order valence-electron chi connectivity index (χ4n) is 3.77. The summed E-state index contributed by atoms with van der Waals surface area (Å²) in [4.78, 5) is 12.5. The maximum atomic E-state index is 12.5. The van der Waals surface area contributed by atoms with Gasteiger partial charge in [-0.2, -0.15) is 0 Å². The predicted molar refractivity (Wildman–Crippen MR) is 91.3 cm³/mol. The molecule has 2 aromatic carbocycles. The van der Waals surface area contributed by atoms with Crippen LogP contribution < -0.4 is 11.1 Å². The molecular weight excluding hydrogens is 296 g/mol. The van der Waals surface area contributed by atoms with E-state index in [2.05, 4.69) is 29.6 Å². The van der Waals surface area contributed by atoms with Crippen molar-refractivity contribution < 1.29 is 4.79 Å². The standard InChI is InChI=1S/C18H18N2O.ClH/c19-15-7-3-4-8-16(15)20-17(21)14-11-18(14)10-9-12-5-1-2-6-13(12)18;/h1-8,14H,9-11,19H2,(H,20,21);1H. The first-order valence-corrected chi connectivity index (χ1v) is 7.44. The molecule has 1 spiro atoms. The number of nitrogens with two attached hydrogens (primary N) is 1. The molecule has 0 radical (unpaired) electrons. The second-order valence-electron chi connectivity index (χ2n) is 6.15. The molecule has 1 saturated carbocycles. The number of nitrogen functional groups attached to an aromatic ring is 1. The van der Waals surface area contributed by atoms with E-state index in [1.807, 2.05) is 24.3 Å². The van der Waals surface area contributed by atoms with Crippen LogP contribution in [0, 0.1) is 5.92 Å². The van der Waals surface area contributed by atoms with E-state index in [-0.39, 0.29) is 29.6 Å². The molecule has 1 fully saturated rings. The summed E-state index contributed by atoms with van der Waals surface area (Å²) in [6.07, 6.45) is 3.14. The Kier molecular flexibility index (Phi) is 3.61. The van der Waals surface area contributed by atoms with Crippen LogP contribution in [-0.4, -0.2) is 5.91 Å². The first-order chi connectivity index (χ1) is 10.2. The first-order valence-electron chi connectivity index (χ1n) is 7.44. The van der Waals surface area contributed by atoms with Crippen LogP contribution in [0.15, 0.2) is 48.5 Å². The van der Waals surface area contributed by atoms with Gasteiger partial charge in [0.2, 0.25) is 5.91 Å². The molecule has 0 aromatic heterocycles. The van der Waals surface area contributed by atoms with E-state index in [4.69, 9.17) is 5.73 Å². The molecule has 2 aliphatic carbocycles. The Morgan fingerprint density at radius 1 is 1.14 bits per heavy atom. The van der Waals surface area contributed by atoms with Crippen LogP contribution in [0.4, 0.5) is 11.4 Å². The largest absolute Gasteiger partial charge is 0.397 e. The second-order valence-corrected chi connectivity index (χ2v) is 6.15. The molecule has 3 nitrogen and oxygen atoms in total. The summed E-state index contributed by atoms with van der Waals surface area (Å²) in [6, 6.07) is 16.0. The minimum Gasteiger partial charge on any atom is -0.397 e. The molecule has 114 valence electrons. The Morgan fingerprint density at radius 2 is 1.86 bits per heavy atom. The molecule has 0 bridgehead atoms. The van der Waals surface area contributed by atoms with Crippen LogP contribution in [0.3, 0.4) is 0 Å². The van der Waals surface area contributed by atoms with Crippen molar-refractivity contribution in [2.75, 3.05) is 11.1 Å². The van der Waals surface area contributed by atoms with Crippen molar-refractivity contribution in [2.45, 2.75) is 24.7 Å². The van der Waals surface area contributed by atoms with Gasteiger partial charge in [-0.05, 0) is 42.5 Å². The Labute approximate surface area is 136 Å². The molecule has 1 amide bonds. The predicted octanol–water partition coefficient (Wildman–Crippen LogP) is 3.53. The molecule has 0 heterocycles. The zero-order valence-corrected chi connectivity index (χ0v) is 13.0. The number of carbonyl (C=O) groups is 1. The van der Waals surface area contributed by atoms with Gasteiger partial charge in [0.15, 0.2) is 0 Å². The molecule has 2 atom stereocenters. The minimum atomic E-state index is 0. The van der Waals surface area contributed by atoms with Crippen molar-refractivity contribution in [1.29, 1.82) is 0 Å². The number of hydrogen-bond acceptors (Lipinski definition) is 2. The molecule has 4 heteroatoms. The number of fused-ring (bicyclic) bond motifs is 2. The maximum absolute atomic E-state index is 12.5. The maximum Gasteiger partial charge on any atom is 0.228 e. The highest BCUT2D eigenvalue weighted by Gasteiger charge is 2.61. The molecule has 0 aliphatic heterocycles. The number of anilines is 2. The smallest absolute Gasteiger partial charge is 0.228 e. The molecule has 3 N–H and O–H groups in total. The lowest BCUT2D eigenvalue weighted by Gasteiger charge is -2.12. The number of para-hydroxylation sites is 2. The molecule has 0 saturated heterocycles. The lowest BCUT2D eigenvalue weighted by Crippen LogP contribution is -2.20. The summed E-state index contributed by atoms with van der Waals surface area (Å²) in [5.74, 6) is 0.186. The van der Waals surface area contributed by atoms with Crippen LogP contribution >= 0.6 is 12.4 Å². The van der Waals surface area contributed by atoms with Crippen molar-refractivity contribution in [1.82, 2.24) is 0 Å². The van der Waals surface area contributed by atoms with Gasteiger partial charge in [0.05, 0.1) is 11.4 Å². The van der Waals surface area contributed by atoms with E-state index < -0.39 is 0 Å². The lowest BCUT2D eigenvalue weighted by atomic mass is 9.95. The van der Waals surface area contributed by atoms with Gasteiger partial charge in [-0.15, -0.1) is 12.4 Å². The van der Waals surface area contributed by atoms with Crippen molar-refractivity contribution >= 4 is 29.7 Å². The van der Waals surface area contributed by atoms with E-state index in [0.717, 1.165) is 24.9 Å². The Bertz CT molecular complexity index is 731. The molecule has 4 rings (SSSR count). The molecule has 22 heavy (non-hydrogen) atoms. The average Bonchev–Trinajstić information content (AvgIpc) is 3.12. The monoisotopic (exact) mass is 314 g/mol. The lowest BCUT2D eigenvalue weighted by molar-refractivity contribution is -0.117. The Balaban J connectivity index is 0.00000144. The number of rotatable bonds is 2. The summed E-state index contributed by atoms with van der Waals surface area (Å²) in [7, 11) is 0. The fraction of sp³-hybridized carbons (Fsp3) is 0.278. The van der Waals surface area contributed by atoms with E-state index in [1.54, 1.807) is 0 Å². The van der Waals surface area contributed by atoms with Crippen molar-refractivity contribution in [3.8, 4) is 0 Å². The van der Waals surface area contributed by atoms with E-state index in [9.17, 15) is 4.79 Å². The highest BCUT2D eigenvalue weighted by Crippen LogP contribution is 2.61. The van der Waals surface area contributed by atoms with Gasteiger partial charge in [0.1, 0.15) is 0 Å². The summed E-state index contributed by atoms with van der Waals surface area (Å²) < 4.78 is 0. The third-order valence-electron chi connectivity index (χ3n) is 5.00. The van der Waals surface area contributed by atoms with E-state index in [1.165, 1.54) is 11.1 Å². The van der Waals surface area contributed by atoms with E-state index in [0.29, 0.717) is 5.69 Å². The van der Waals surface area contributed by atoms with Crippen LogP contribution in [-0.2, 0) is 16.6 Å². The first kappa shape index (κ1) is 14.9. The molecule has 2 aliphatic rings. The zero-order valence-electron chi connectivity index (χ0n) is 12.2. The summed E-state index contributed by atoms with van der Waals surface area (Å²) in [6.45, 7) is 0. The number of benzene rings is 2. The number of amides is 1. The van der Waals surface area contributed by atoms with Gasteiger partial charge in [-0.3, -0.25) is 4.79 Å². The van der Waals surface area contributed by atoms with Crippen molar-refractivity contribution in [3.63, 3.8) is 0 Å². The second kappa shape index (κ2) is 5.33. The SMILES string of the molecule is Cl.Nc1ccccc1NC(=O)C1CC12CCc1ccccc12. The van der Waals surface area contributed by atoms with Crippen molar-refractivity contribution in [3.05, 3.63) is 59.7 Å². The molecular formula is C18H19ClN2O. The summed E-state index contributed by atoms with van der Waals surface area (Å²) >= 11 is 0. The number of hydrogen-bond donors (Lipinski definition) is 2. The zero-order chi connectivity index (χ0) is 14.4. The van der Waals surface area contributed by atoms with Crippen LogP contribution in [0.1, 0.15) is 24.0 Å². The van der Waals surface area contributed by atoms with Gasteiger partial charge in [0.25, 0.3) is 0 Å². The van der Waals surface area contributed by atoms with Crippen LogP contribution in [0.5, 0.6) is 0 Å². The average molecular weight is 315 g/mol. The number of aryl methyl sites for hydroxylation is 1.